The van der Waals surface area contributed by atoms with Gasteiger partial charge < -0.3 is 11.2 Å². The number of hydrogen-bond donors (Lipinski definition) is 3. The van der Waals surface area contributed by atoms with Gasteiger partial charge in [-0.25, -0.2) is 10.8 Å². The summed E-state index contributed by atoms with van der Waals surface area (Å²) in [5, 5.41) is 0. The molecule has 1 aliphatic heterocycles. The van der Waals surface area contributed by atoms with Gasteiger partial charge >= 0.3 is 6.18 Å². The summed E-state index contributed by atoms with van der Waals surface area (Å²) in [6.45, 7) is 0.573. The number of nitrogens with two attached hydrogens (primary N) is 2. The van der Waals surface area contributed by atoms with Crippen molar-refractivity contribution in [3.63, 3.8) is 0 Å². The van der Waals surface area contributed by atoms with Crippen LogP contribution in [0.15, 0.2) is 18.3 Å². The molecule has 106 valence electrons. The van der Waals surface area contributed by atoms with Crippen molar-refractivity contribution >= 4 is 5.82 Å². The number of hydrogen-bond acceptors (Lipinski definition) is 5. The van der Waals surface area contributed by atoms with Crippen LogP contribution in [0.2, 0.25) is 0 Å². The zero-order valence-electron chi connectivity index (χ0n) is 10.2. The lowest BCUT2D eigenvalue weighted by atomic mass is 10.1. The average Bonchev–Trinajstić information content (AvgIpc) is 2.75. The Kier molecular flexibility index (Phi) is 3.93. The van der Waals surface area contributed by atoms with Crippen LogP contribution in [0, 0.1) is 0 Å². The normalized spacial score (nSPS) is 22.5. The van der Waals surface area contributed by atoms with E-state index in [1.165, 1.54) is 23.2 Å². The van der Waals surface area contributed by atoms with Gasteiger partial charge in [0.25, 0.3) is 0 Å². The highest BCUT2D eigenvalue weighted by atomic mass is 19.4. The summed E-state index contributed by atoms with van der Waals surface area (Å²) in [5.74, 6) is 5.46. The van der Waals surface area contributed by atoms with Gasteiger partial charge in [-0.15, -0.1) is 0 Å². The van der Waals surface area contributed by atoms with Crippen LogP contribution < -0.4 is 17.0 Å². The number of pyridine rings is 1. The Morgan fingerprint density at radius 1 is 1.42 bits per heavy atom. The van der Waals surface area contributed by atoms with Crippen LogP contribution >= 0.6 is 0 Å². The second-order valence-corrected chi connectivity index (χ2v) is 4.61. The van der Waals surface area contributed by atoms with E-state index in [4.69, 9.17) is 11.6 Å². The molecule has 2 heterocycles. The molecule has 1 saturated heterocycles. The van der Waals surface area contributed by atoms with Crippen LogP contribution in [0.4, 0.5) is 19.0 Å². The van der Waals surface area contributed by atoms with E-state index < -0.39 is 12.2 Å². The standard InChI is InChI=1S/C11H16F3N5/c12-11(13,14)10(19-4-3-8(15)6-19)7-1-2-9(18-16)17-5-7/h1-2,5,8,10H,3-4,6,15-16H2,(H,17,18)/t8-,10?/m0/s1. The minimum absolute atomic E-state index is 0.0978. The zero-order chi connectivity index (χ0) is 14.0. The van der Waals surface area contributed by atoms with Crippen LogP contribution in [0.25, 0.3) is 0 Å². The maximum atomic E-state index is 13.2. The SMILES string of the molecule is NNc1ccc(C(N2CC[C@H](N)C2)C(F)(F)F)cn1. The van der Waals surface area contributed by atoms with Gasteiger partial charge in [0.15, 0.2) is 0 Å². The van der Waals surface area contributed by atoms with Gasteiger partial charge in [0.1, 0.15) is 11.9 Å². The second kappa shape index (κ2) is 5.32. The van der Waals surface area contributed by atoms with E-state index in [1.54, 1.807) is 0 Å². The fourth-order valence-electron chi connectivity index (χ4n) is 2.31. The number of hydrazine groups is 1. The Morgan fingerprint density at radius 3 is 2.58 bits per heavy atom. The molecule has 1 fully saturated rings. The van der Waals surface area contributed by atoms with E-state index in [2.05, 4.69) is 10.4 Å². The van der Waals surface area contributed by atoms with Crippen LogP contribution in [0.3, 0.4) is 0 Å². The predicted octanol–water partition coefficient (Wildman–Crippen LogP) is 1.00. The van der Waals surface area contributed by atoms with Gasteiger partial charge in [0.2, 0.25) is 0 Å². The van der Waals surface area contributed by atoms with Crippen molar-refractivity contribution in [3.8, 4) is 0 Å². The van der Waals surface area contributed by atoms with E-state index in [0.29, 0.717) is 18.8 Å². The first-order chi connectivity index (χ1) is 8.91. The smallest absolute Gasteiger partial charge is 0.326 e. The highest BCUT2D eigenvalue weighted by Gasteiger charge is 2.46. The number of rotatable bonds is 3. The largest absolute Gasteiger partial charge is 0.408 e. The Hall–Kier alpha value is -1.38. The molecule has 8 heteroatoms. The molecule has 1 aromatic rings. The lowest BCUT2D eigenvalue weighted by Crippen LogP contribution is -2.38. The monoisotopic (exact) mass is 275 g/mol. The number of alkyl halides is 3. The predicted molar refractivity (Wildman–Crippen MR) is 65.0 cm³/mol. The third-order valence-electron chi connectivity index (χ3n) is 3.18. The summed E-state index contributed by atoms with van der Waals surface area (Å²) >= 11 is 0. The number of likely N-dealkylation sites (tertiary alicyclic amines) is 1. The zero-order valence-corrected chi connectivity index (χ0v) is 10.2. The first kappa shape index (κ1) is 14.0. The van der Waals surface area contributed by atoms with E-state index >= 15 is 0 Å². The summed E-state index contributed by atoms with van der Waals surface area (Å²) in [6, 6.07) is 0.928. The summed E-state index contributed by atoms with van der Waals surface area (Å²) < 4.78 is 39.6. The fourth-order valence-corrected chi connectivity index (χ4v) is 2.31. The molecule has 5 N–H and O–H groups in total. The number of nitrogens with zero attached hydrogens (tertiary/aromatic N) is 2. The van der Waals surface area contributed by atoms with Gasteiger partial charge in [0, 0.05) is 25.3 Å². The third-order valence-corrected chi connectivity index (χ3v) is 3.18. The maximum Gasteiger partial charge on any atom is 0.408 e. The molecular formula is C11H16F3N5. The van der Waals surface area contributed by atoms with E-state index in [0.717, 1.165) is 0 Å². The average molecular weight is 275 g/mol. The molecular weight excluding hydrogens is 259 g/mol. The van der Waals surface area contributed by atoms with Gasteiger partial charge in [-0.2, -0.15) is 13.2 Å². The Labute approximate surface area is 108 Å². The second-order valence-electron chi connectivity index (χ2n) is 4.61. The molecule has 2 rings (SSSR count). The lowest BCUT2D eigenvalue weighted by molar-refractivity contribution is -0.183. The molecule has 0 bridgehead atoms. The van der Waals surface area contributed by atoms with Crippen molar-refractivity contribution in [2.24, 2.45) is 11.6 Å². The summed E-state index contributed by atoms with van der Waals surface area (Å²) in [7, 11) is 0. The molecule has 0 aromatic carbocycles. The first-order valence-electron chi connectivity index (χ1n) is 5.90. The molecule has 0 spiro atoms. The molecule has 5 nitrogen and oxygen atoms in total. The molecule has 0 radical (unpaired) electrons. The van der Waals surface area contributed by atoms with Crippen LogP contribution in [0.1, 0.15) is 18.0 Å². The number of nitrogen functional groups attached to an aromatic ring is 1. The molecule has 1 aliphatic rings. The Morgan fingerprint density at radius 2 is 2.16 bits per heavy atom. The minimum atomic E-state index is -4.36. The van der Waals surface area contributed by atoms with Gasteiger partial charge in [0.05, 0.1) is 0 Å². The van der Waals surface area contributed by atoms with Crippen molar-refractivity contribution in [3.05, 3.63) is 23.9 Å². The van der Waals surface area contributed by atoms with E-state index in [9.17, 15) is 13.2 Å². The summed E-state index contributed by atoms with van der Waals surface area (Å²) in [5.41, 5.74) is 8.06. The topological polar surface area (TPSA) is 80.2 Å². The number of halogens is 3. The maximum absolute atomic E-state index is 13.2. The Bertz CT molecular complexity index is 419. The molecule has 0 amide bonds. The lowest BCUT2D eigenvalue weighted by Gasteiger charge is -2.29. The van der Waals surface area contributed by atoms with Crippen molar-refractivity contribution < 1.29 is 13.2 Å². The number of aromatic nitrogens is 1. The molecule has 19 heavy (non-hydrogen) atoms. The quantitative estimate of drug-likeness (QED) is 0.566. The van der Waals surface area contributed by atoms with E-state index in [1.807, 2.05) is 0 Å². The van der Waals surface area contributed by atoms with Crippen molar-refractivity contribution in [1.29, 1.82) is 0 Å². The van der Waals surface area contributed by atoms with E-state index in [-0.39, 0.29) is 18.2 Å². The summed E-state index contributed by atoms with van der Waals surface area (Å²) in [6.07, 6.45) is -2.59. The number of nitrogens with one attached hydrogen (secondary N) is 1. The minimum Gasteiger partial charge on any atom is -0.326 e. The van der Waals surface area contributed by atoms with Crippen LogP contribution in [0.5, 0.6) is 0 Å². The van der Waals surface area contributed by atoms with Crippen molar-refractivity contribution in [2.75, 3.05) is 18.5 Å². The fraction of sp³-hybridized carbons (Fsp3) is 0.545. The Balaban J connectivity index is 2.26. The molecule has 2 atom stereocenters. The molecule has 0 aliphatic carbocycles. The molecule has 1 unspecified atom stereocenters. The van der Waals surface area contributed by atoms with Crippen LogP contribution in [-0.4, -0.2) is 35.2 Å². The first-order valence-corrected chi connectivity index (χ1v) is 5.90. The summed E-state index contributed by atoms with van der Waals surface area (Å²) in [4.78, 5) is 5.17. The molecule has 1 aromatic heterocycles. The van der Waals surface area contributed by atoms with Gasteiger partial charge in [-0.05, 0) is 18.1 Å². The van der Waals surface area contributed by atoms with Crippen molar-refractivity contribution in [2.45, 2.75) is 24.7 Å². The molecule has 0 saturated carbocycles. The van der Waals surface area contributed by atoms with Gasteiger partial charge in [-0.1, -0.05) is 6.07 Å². The third kappa shape index (κ3) is 3.14. The van der Waals surface area contributed by atoms with Gasteiger partial charge in [-0.3, -0.25) is 4.90 Å². The van der Waals surface area contributed by atoms with Crippen LogP contribution in [-0.2, 0) is 0 Å². The van der Waals surface area contributed by atoms with Crippen molar-refractivity contribution in [1.82, 2.24) is 9.88 Å². The highest BCUT2D eigenvalue weighted by molar-refractivity contribution is 5.35. The highest BCUT2D eigenvalue weighted by Crippen LogP contribution is 2.39. The number of anilines is 1.